The highest BCUT2D eigenvalue weighted by molar-refractivity contribution is 6.32. The molecular formula is C17H15ClN4O. The van der Waals surface area contributed by atoms with Gasteiger partial charge in [-0.3, -0.25) is 5.43 Å². The fraction of sp³-hybridized carbons (Fsp3) is 0.118. The zero-order valence-electron chi connectivity index (χ0n) is 12.7. The minimum absolute atomic E-state index is 0.280. The molecule has 1 aromatic heterocycles. The number of anilines is 1. The van der Waals surface area contributed by atoms with Crippen LogP contribution < -0.4 is 10.2 Å². The molecule has 0 fully saturated rings. The highest BCUT2D eigenvalue weighted by Crippen LogP contribution is 2.21. The van der Waals surface area contributed by atoms with Gasteiger partial charge in [-0.25, -0.2) is 9.97 Å². The Morgan fingerprint density at radius 1 is 1.13 bits per heavy atom. The van der Waals surface area contributed by atoms with Crippen molar-refractivity contribution < 1.29 is 4.74 Å². The van der Waals surface area contributed by atoms with E-state index in [0.29, 0.717) is 5.82 Å². The molecule has 116 valence electrons. The zero-order chi connectivity index (χ0) is 16.2. The smallest absolute Gasteiger partial charge is 0.185 e. The third kappa shape index (κ3) is 3.40. The van der Waals surface area contributed by atoms with Crippen LogP contribution in [0.1, 0.15) is 11.1 Å². The van der Waals surface area contributed by atoms with Gasteiger partial charge in [0.25, 0.3) is 0 Å². The number of hydrazone groups is 1. The van der Waals surface area contributed by atoms with Crippen molar-refractivity contribution in [3.63, 3.8) is 0 Å². The SMILES string of the molecule is COc1cc(/C=N/Nc2nc3ccccc3nc2Cl)ccc1C. The fourth-order valence-electron chi connectivity index (χ4n) is 2.13. The van der Waals surface area contributed by atoms with Crippen LogP contribution >= 0.6 is 11.6 Å². The van der Waals surface area contributed by atoms with E-state index in [1.54, 1.807) is 13.3 Å². The summed E-state index contributed by atoms with van der Waals surface area (Å²) >= 11 is 6.12. The lowest BCUT2D eigenvalue weighted by Crippen LogP contribution is -1.97. The zero-order valence-corrected chi connectivity index (χ0v) is 13.5. The van der Waals surface area contributed by atoms with Crippen molar-refractivity contribution in [3.8, 4) is 5.75 Å². The van der Waals surface area contributed by atoms with E-state index >= 15 is 0 Å². The molecule has 0 aliphatic rings. The maximum atomic E-state index is 6.12. The molecule has 0 saturated carbocycles. The Hall–Kier alpha value is -2.66. The topological polar surface area (TPSA) is 59.4 Å². The van der Waals surface area contributed by atoms with Crippen LogP contribution in [0.4, 0.5) is 5.82 Å². The van der Waals surface area contributed by atoms with Gasteiger partial charge >= 0.3 is 0 Å². The molecule has 0 amide bonds. The van der Waals surface area contributed by atoms with Crippen LogP contribution in [-0.4, -0.2) is 23.3 Å². The number of para-hydroxylation sites is 2. The molecule has 23 heavy (non-hydrogen) atoms. The third-order valence-electron chi connectivity index (χ3n) is 3.34. The maximum absolute atomic E-state index is 6.12. The number of aryl methyl sites for hydroxylation is 1. The van der Waals surface area contributed by atoms with Crippen LogP contribution in [-0.2, 0) is 0 Å². The van der Waals surface area contributed by atoms with Gasteiger partial charge < -0.3 is 4.74 Å². The molecule has 3 rings (SSSR count). The molecule has 5 nitrogen and oxygen atoms in total. The first kappa shape index (κ1) is 15.2. The normalized spacial score (nSPS) is 11.1. The Kier molecular flexibility index (Phi) is 4.39. The van der Waals surface area contributed by atoms with Crippen molar-refractivity contribution >= 4 is 34.7 Å². The van der Waals surface area contributed by atoms with Crippen molar-refractivity contribution in [2.24, 2.45) is 5.10 Å². The number of aromatic nitrogens is 2. The molecule has 0 aliphatic heterocycles. The molecule has 3 aromatic rings. The first-order valence-electron chi connectivity index (χ1n) is 7.03. The predicted octanol–water partition coefficient (Wildman–Crippen LogP) is 4.05. The number of fused-ring (bicyclic) bond motifs is 1. The molecule has 0 spiro atoms. The number of nitrogens with one attached hydrogen (secondary N) is 1. The minimum Gasteiger partial charge on any atom is -0.496 e. The summed E-state index contributed by atoms with van der Waals surface area (Å²) in [5.41, 5.74) is 6.31. The molecule has 1 heterocycles. The van der Waals surface area contributed by atoms with Crippen LogP contribution in [0.3, 0.4) is 0 Å². The second-order valence-corrected chi connectivity index (χ2v) is 5.31. The molecule has 0 radical (unpaired) electrons. The van der Waals surface area contributed by atoms with Crippen LogP contribution in [0.2, 0.25) is 5.15 Å². The quantitative estimate of drug-likeness (QED) is 0.580. The molecule has 2 aromatic carbocycles. The number of rotatable bonds is 4. The summed E-state index contributed by atoms with van der Waals surface area (Å²) in [6, 6.07) is 13.4. The summed E-state index contributed by atoms with van der Waals surface area (Å²) < 4.78 is 5.29. The van der Waals surface area contributed by atoms with Crippen molar-refractivity contribution in [1.29, 1.82) is 0 Å². The number of methoxy groups -OCH3 is 1. The van der Waals surface area contributed by atoms with E-state index in [0.717, 1.165) is 27.9 Å². The van der Waals surface area contributed by atoms with Crippen LogP contribution in [0.25, 0.3) is 11.0 Å². The fourth-order valence-corrected chi connectivity index (χ4v) is 2.31. The van der Waals surface area contributed by atoms with Crippen molar-refractivity contribution in [3.05, 3.63) is 58.7 Å². The molecule has 6 heteroatoms. The second kappa shape index (κ2) is 6.62. The Morgan fingerprint density at radius 3 is 2.61 bits per heavy atom. The Balaban J connectivity index is 1.81. The lowest BCUT2D eigenvalue weighted by Gasteiger charge is -2.05. The van der Waals surface area contributed by atoms with Crippen molar-refractivity contribution in [2.75, 3.05) is 12.5 Å². The summed E-state index contributed by atoms with van der Waals surface area (Å²) in [6.07, 6.45) is 1.68. The van der Waals surface area contributed by atoms with E-state index in [1.807, 2.05) is 49.4 Å². The summed E-state index contributed by atoms with van der Waals surface area (Å²) in [7, 11) is 1.64. The van der Waals surface area contributed by atoms with E-state index in [9.17, 15) is 0 Å². The summed E-state index contributed by atoms with van der Waals surface area (Å²) in [6.45, 7) is 1.99. The lowest BCUT2D eigenvalue weighted by atomic mass is 10.1. The summed E-state index contributed by atoms with van der Waals surface area (Å²) in [5.74, 6) is 1.23. The second-order valence-electron chi connectivity index (χ2n) is 4.95. The first-order chi connectivity index (χ1) is 11.2. The molecule has 0 bridgehead atoms. The van der Waals surface area contributed by atoms with Crippen LogP contribution in [0, 0.1) is 6.92 Å². The number of hydrogen-bond acceptors (Lipinski definition) is 5. The van der Waals surface area contributed by atoms with E-state index in [-0.39, 0.29) is 5.15 Å². The van der Waals surface area contributed by atoms with E-state index in [1.165, 1.54) is 0 Å². The van der Waals surface area contributed by atoms with Gasteiger partial charge in [-0.2, -0.15) is 5.10 Å². The largest absolute Gasteiger partial charge is 0.496 e. The minimum atomic E-state index is 0.280. The standard InChI is InChI=1S/C17H15ClN4O/c1-11-7-8-12(9-15(11)23-2)10-19-22-17-16(18)20-13-5-3-4-6-14(13)21-17/h3-10H,1-2H3,(H,21,22)/b19-10+. The Labute approximate surface area is 139 Å². The average Bonchev–Trinajstić information content (AvgIpc) is 2.56. The van der Waals surface area contributed by atoms with Crippen LogP contribution in [0.5, 0.6) is 5.75 Å². The van der Waals surface area contributed by atoms with Gasteiger partial charge in [-0.1, -0.05) is 35.9 Å². The van der Waals surface area contributed by atoms with Gasteiger partial charge in [0.2, 0.25) is 0 Å². The van der Waals surface area contributed by atoms with Gasteiger partial charge in [0, 0.05) is 0 Å². The van der Waals surface area contributed by atoms with Gasteiger partial charge in [-0.15, -0.1) is 0 Å². The van der Waals surface area contributed by atoms with Gasteiger partial charge in [0.1, 0.15) is 5.75 Å². The monoisotopic (exact) mass is 326 g/mol. The highest BCUT2D eigenvalue weighted by Gasteiger charge is 2.05. The molecular weight excluding hydrogens is 312 g/mol. The summed E-state index contributed by atoms with van der Waals surface area (Å²) in [5, 5.41) is 4.45. The van der Waals surface area contributed by atoms with E-state index < -0.39 is 0 Å². The van der Waals surface area contributed by atoms with E-state index in [4.69, 9.17) is 16.3 Å². The highest BCUT2D eigenvalue weighted by atomic mass is 35.5. The number of ether oxygens (including phenoxy) is 1. The number of halogens is 1. The number of benzene rings is 2. The van der Waals surface area contributed by atoms with E-state index in [2.05, 4.69) is 20.5 Å². The molecule has 0 aliphatic carbocycles. The lowest BCUT2D eigenvalue weighted by molar-refractivity contribution is 0.411. The predicted molar refractivity (Wildman–Crippen MR) is 93.5 cm³/mol. The van der Waals surface area contributed by atoms with Gasteiger partial charge in [0.05, 0.1) is 24.4 Å². The van der Waals surface area contributed by atoms with Crippen molar-refractivity contribution in [2.45, 2.75) is 6.92 Å². The van der Waals surface area contributed by atoms with Crippen LogP contribution in [0.15, 0.2) is 47.6 Å². The average molecular weight is 327 g/mol. The number of nitrogens with zero attached hydrogens (tertiary/aromatic N) is 3. The Morgan fingerprint density at radius 2 is 1.87 bits per heavy atom. The number of hydrogen-bond donors (Lipinski definition) is 1. The van der Waals surface area contributed by atoms with Gasteiger partial charge in [-0.05, 0) is 36.2 Å². The van der Waals surface area contributed by atoms with Crippen molar-refractivity contribution in [1.82, 2.24) is 9.97 Å². The third-order valence-corrected chi connectivity index (χ3v) is 3.61. The maximum Gasteiger partial charge on any atom is 0.185 e. The first-order valence-corrected chi connectivity index (χ1v) is 7.41. The molecule has 0 unspecified atom stereocenters. The van der Waals surface area contributed by atoms with Gasteiger partial charge in [0.15, 0.2) is 11.0 Å². The summed E-state index contributed by atoms with van der Waals surface area (Å²) in [4.78, 5) is 8.70. The molecule has 1 N–H and O–H groups in total. The molecule has 0 atom stereocenters. The Bertz CT molecular complexity index is 880. The molecule has 0 saturated heterocycles.